The van der Waals surface area contributed by atoms with E-state index in [1.165, 1.54) is 0 Å². The molecule has 2 atom stereocenters. The summed E-state index contributed by atoms with van der Waals surface area (Å²) in [4.78, 5) is 15.6. The third kappa shape index (κ3) is 5.10. The van der Waals surface area contributed by atoms with Crippen molar-refractivity contribution in [3.05, 3.63) is 82.8 Å². The summed E-state index contributed by atoms with van der Waals surface area (Å²) in [5, 5.41) is 22.9. The van der Waals surface area contributed by atoms with E-state index < -0.39 is 12.1 Å². The molecule has 0 saturated heterocycles. The molecule has 0 saturated carbocycles. The maximum absolute atomic E-state index is 11.1. The number of carboxylic acids is 1. The lowest BCUT2D eigenvalue weighted by atomic mass is 10.0. The fourth-order valence-electron chi connectivity index (χ4n) is 3.44. The third-order valence-corrected chi connectivity index (χ3v) is 5.03. The number of benzene rings is 1. The Morgan fingerprint density at radius 1 is 1.14 bits per heavy atom. The van der Waals surface area contributed by atoms with Crippen LogP contribution in [0.4, 0.5) is 0 Å². The summed E-state index contributed by atoms with van der Waals surface area (Å²) in [5.41, 5.74) is 4.22. The number of carbonyl (C=O) groups is 1. The van der Waals surface area contributed by atoms with Gasteiger partial charge < -0.3 is 20.1 Å². The topological polar surface area (TPSA) is 87.4 Å². The van der Waals surface area contributed by atoms with Gasteiger partial charge in [-0.2, -0.15) is 0 Å². The Morgan fingerprint density at radius 2 is 1.86 bits per heavy atom. The molecule has 2 heterocycles. The Balaban J connectivity index is 1.57. The lowest BCUT2D eigenvalue weighted by Crippen LogP contribution is -2.32. The van der Waals surface area contributed by atoms with E-state index >= 15 is 0 Å². The average Bonchev–Trinajstić information content (AvgIpc) is 3.04. The van der Waals surface area contributed by atoms with Crippen molar-refractivity contribution in [1.82, 2.24) is 14.9 Å². The molecule has 0 unspecified atom stereocenters. The van der Waals surface area contributed by atoms with E-state index in [0.717, 1.165) is 28.3 Å². The van der Waals surface area contributed by atoms with E-state index in [9.17, 15) is 9.90 Å². The maximum Gasteiger partial charge on any atom is 0.335 e. The molecule has 1 aromatic carbocycles. The van der Waals surface area contributed by atoms with Gasteiger partial charge in [0.05, 0.1) is 11.7 Å². The van der Waals surface area contributed by atoms with Crippen LogP contribution in [0.1, 0.15) is 45.9 Å². The summed E-state index contributed by atoms with van der Waals surface area (Å²) in [5.74, 6) is -0.0929. The van der Waals surface area contributed by atoms with Crippen LogP contribution < -0.4 is 5.32 Å². The minimum Gasteiger partial charge on any atom is -0.478 e. The van der Waals surface area contributed by atoms with Crippen molar-refractivity contribution in [2.75, 3.05) is 6.54 Å². The number of rotatable bonds is 8. The predicted octanol–water partition coefficient (Wildman–Crippen LogP) is 3.44. The molecule has 0 aliphatic heterocycles. The van der Waals surface area contributed by atoms with Gasteiger partial charge in [0.15, 0.2) is 0 Å². The average molecular weight is 393 g/mol. The number of aromatic carboxylic acids is 1. The van der Waals surface area contributed by atoms with Crippen LogP contribution in [0.2, 0.25) is 0 Å². The highest BCUT2D eigenvalue weighted by molar-refractivity contribution is 5.87. The smallest absolute Gasteiger partial charge is 0.335 e. The van der Waals surface area contributed by atoms with E-state index in [4.69, 9.17) is 5.11 Å². The van der Waals surface area contributed by atoms with Crippen LogP contribution in [0.25, 0.3) is 5.82 Å². The SMILES string of the molecule is Cc1ccc(C)n1-c1ccc([C@@H](O)CN[C@H](C)Cc2cccc(C(=O)O)c2)cn1. The summed E-state index contributed by atoms with van der Waals surface area (Å²) < 4.78 is 2.07. The van der Waals surface area contributed by atoms with Gasteiger partial charge in [-0.1, -0.05) is 18.2 Å². The number of hydrogen-bond donors (Lipinski definition) is 3. The fraction of sp³-hybridized carbons (Fsp3) is 0.304. The predicted molar refractivity (Wildman–Crippen MR) is 113 cm³/mol. The number of pyridine rings is 1. The molecule has 0 aliphatic rings. The van der Waals surface area contributed by atoms with Crippen LogP contribution >= 0.6 is 0 Å². The number of carboxylic acid groups (broad SMARTS) is 1. The Kier molecular flexibility index (Phi) is 6.46. The number of nitrogens with one attached hydrogen (secondary N) is 1. The Hall–Kier alpha value is -2.96. The number of aromatic nitrogens is 2. The molecule has 0 aliphatic carbocycles. The molecule has 3 rings (SSSR count). The first-order valence-corrected chi connectivity index (χ1v) is 9.70. The van der Waals surface area contributed by atoms with Crippen LogP contribution in [-0.4, -0.2) is 38.3 Å². The summed E-state index contributed by atoms with van der Waals surface area (Å²) in [7, 11) is 0. The van der Waals surface area contributed by atoms with E-state index in [1.807, 2.05) is 39.0 Å². The van der Waals surface area contributed by atoms with E-state index in [2.05, 4.69) is 27.0 Å². The van der Waals surface area contributed by atoms with Crippen molar-refractivity contribution >= 4 is 5.97 Å². The van der Waals surface area contributed by atoms with Gasteiger partial charge in [-0.05, 0) is 63.1 Å². The second-order valence-corrected chi connectivity index (χ2v) is 7.44. The Morgan fingerprint density at radius 3 is 2.48 bits per heavy atom. The van der Waals surface area contributed by atoms with E-state index in [0.29, 0.717) is 13.0 Å². The molecule has 29 heavy (non-hydrogen) atoms. The Labute approximate surface area is 170 Å². The second-order valence-electron chi connectivity index (χ2n) is 7.44. The monoisotopic (exact) mass is 393 g/mol. The van der Waals surface area contributed by atoms with Crippen molar-refractivity contribution in [3.8, 4) is 5.82 Å². The number of aryl methyl sites for hydroxylation is 2. The molecule has 0 amide bonds. The maximum atomic E-state index is 11.1. The Bertz CT molecular complexity index is 960. The number of hydrogen-bond acceptors (Lipinski definition) is 4. The first kappa shape index (κ1) is 20.8. The van der Waals surface area contributed by atoms with Gasteiger partial charge in [0.2, 0.25) is 0 Å². The summed E-state index contributed by atoms with van der Waals surface area (Å²) in [6.45, 7) is 6.48. The normalized spacial score (nSPS) is 13.2. The van der Waals surface area contributed by atoms with Crippen LogP contribution in [0.15, 0.2) is 54.7 Å². The van der Waals surface area contributed by atoms with E-state index in [1.54, 1.807) is 24.4 Å². The van der Waals surface area contributed by atoms with Crippen LogP contribution in [0.3, 0.4) is 0 Å². The highest BCUT2D eigenvalue weighted by Crippen LogP contribution is 2.17. The van der Waals surface area contributed by atoms with Crippen LogP contribution in [-0.2, 0) is 6.42 Å². The van der Waals surface area contributed by atoms with Gasteiger partial charge in [-0.15, -0.1) is 0 Å². The lowest BCUT2D eigenvalue weighted by molar-refractivity contribution is 0.0696. The number of nitrogens with zero attached hydrogens (tertiary/aromatic N) is 2. The first-order valence-electron chi connectivity index (χ1n) is 9.70. The van der Waals surface area contributed by atoms with Crippen molar-refractivity contribution in [1.29, 1.82) is 0 Å². The molecule has 0 radical (unpaired) electrons. The van der Waals surface area contributed by atoms with Gasteiger partial charge in [-0.25, -0.2) is 9.78 Å². The lowest BCUT2D eigenvalue weighted by Gasteiger charge is -2.18. The molecule has 3 N–H and O–H groups in total. The quantitative estimate of drug-likeness (QED) is 0.546. The highest BCUT2D eigenvalue weighted by atomic mass is 16.4. The number of aliphatic hydroxyl groups is 1. The standard InChI is InChI=1S/C23H27N3O3/c1-15(11-18-5-4-6-19(12-18)23(28)29)24-14-21(27)20-9-10-22(25-13-20)26-16(2)7-8-17(26)3/h4-10,12-13,15,21,24,27H,11,14H2,1-3H3,(H,28,29)/t15-,21+/m1/s1. The fourth-order valence-corrected chi connectivity index (χ4v) is 3.44. The summed E-state index contributed by atoms with van der Waals surface area (Å²) >= 11 is 0. The zero-order chi connectivity index (χ0) is 21.0. The molecule has 0 bridgehead atoms. The van der Waals surface area contributed by atoms with Crippen molar-refractivity contribution in [2.45, 2.75) is 39.3 Å². The van der Waals surface area contributed by atoms with Gasteiger partial charge in [-0.3, -0.25) is 0 Å². The molecule has 0 fully saturated rings. The van der Waals surface area contributed by atoms with E-state index in [-0.39, 0.29) is 11.6 Å². The molecular weight excluding hydrogens is 366 g/mol. The van der Waals surface area contributed by atoms with Crippen LogP contribution in [0, 0.1) is 13.8 Å². The molecule has 2 aromatic heterocycles. The summed E-state index contributed by atoms with van der Waals surface area (Å²) in [6, 6.07) is 14.9. The summed E-state index contributed by atoms with van der Waals surface area (Å²) in [6.07, 6.45) is 1.72. The molecule has 6 nitrogen and oxygen atoms in total. The minimum atomic E-state index is -0.927. The molecule has 152 valence electrons. The van der Waals surface area contributed by atoms with Gasteiger partial charge in [0, 0.05) is 35.7 Å². The van der Waals surface area contributed by atoms with Gasteiger partial charge >= 0.3 is 5.97 Å². The third-order valence-electron chi connectivity index (χ3n) is 5.03. The van der Waals surface area contributed by atoms with Crippen LogP contribution in [0.5, 0.6) is 0 Å². The van der Waals surface area contributed by atoms with Gasteiger partial charge in [0.25, 0.3) is 0 Å². The molecular formula is C23H27N3O3. The van der Waals surface area contributed by atoms with Gasteiger partial charge in [0.1, 0.15) is 5.82 Å². The molecule has 6 heteroatoms. The largest absolute Gasteiger partial charge is 0.478 e. The van der Waals surface area contributed by atoms with Crippen molar-refractivity contribution < 1.29 is 15.0 Å². The zero-order valence-electron chi connectivity index (χ0n) is 17.0. The zero-order valence-corrected chi connectivity index (χ0v) is 17.0. The van der Waals surface area contributed by atoms with Crippen molar-refractivity contribution in [2.24, 2.45) is 0 Å². The second kappa shape index (κ2) is 9.03. The minimum absolute atomic E-state index is 0.0890. The first-order chi connectivity index (χ1) is 13.8. The van der Waals surface area contributed by atoms with Crippen molar-refractivity contribution in [3.63, 3.8) is 0 Å². The molecule has 3 aromatic rings. The number of aliphatic hydroxyl groups excluding tert-OH is 1. The highest BCUT2D eigenvalue weighted by Gasteiger charge is 2.12. The molecule has 0 spiro atoms.